The third-order valence-electron chi connectivity index (χ3n) is 10.3. The van der Waals surface area contributed by atoms with Gasteiger partial charge < -0.3 is 24.2 Å². The maximum atomic E-state index is 13.5. The lowest BCUT2D eigenvalue weighted by molar-refractivity contribution is 0.0441. The van der Waals surface area contributed by atoms with Gasteiger partial charge in [0.05, 0.1) is 29.8 Å². The van der Waals surface area contributed by atoms with Gasteiger partial charge in [-0.1, -0.05) is 17.7 Å². The van der Waals surface area contributed by atoms with Gasteiger partial charge in [0.2, 0.25) is 0 Å². The zero-order valence-corrected chi connectivity index (χ0v) is 25.8. The van der Waals surface area contributed by atoms with Gasteiger partial charge in [-0.3, -0.25) is 0 Å². The van der Waals surface area contributed by atoms with E-state index >= 15 is 0 Å². The SMILES string of the molecule is CN1C(=O)OC[C@@H]2CC[C@H]2CN2C[C@@]3(CCCc4cc(Cl)ccc43)COc3ccc(cc32)S(=O)(=O)NC(=O)N2CC[C@@H]1C2. The third-order valence-corrected chi connectivity index (χ3v) is 11.8. The molecular weight excluding hydrogens is 592 g/mol. The minimum absolute atomic E-state index is 0.0147. The lowest BCUT2D eigenvalue weighted by Crippen LogP contribution is -2.49. The van der Waals surface area contributed by atoms with Gasteiger partial charge in [-0.25, -0.2) is 22.7 Å². The number of amides is 3. The number of nitrogens with one attached hydrogen (secondary N) is 1. The first-order valence-corrected chi connectivity index (χ1v) is 17.0. The number of cyclic esters (lactones) is 1. The van der Waals surface area contributed by atoms with E-state index < -0.39 is 22.1 Å². The van der Waals surface area contributed by atoms with Gasteiger partial charge in [0.25, 0.3) is 10.0 Å². The van der Waals surface area contributed by atoms with Gasteiger partial charge in [-0.15, -0.1) is 0 Å². The second kappa shape index (κ2) is 10.8. The summed E-state index contributed by atoms with van der Waals surface area (Å²) in [7, 11) is -2.49. The van der Waals surface area contributed by atoms with Crippen LogP contribution in [0.5, 0.6) is 5.75 Å². The Morgan fingerprint density at radius 3 is 2.65 bits per heavy atom. The Labute approximate surface area is 257 Å². The number of likely N-dealkylation sites (N-methyl/N-ethyl adjacent to an activating group) is 1. The van der Waals surface area contributed by atoms with E-state index in [2.05, 4.69) is 21.8 Å². The van der Waals surface area contributed by atoms with Crippen molar-refractivity contribution in [2.45, 2.75) is 54.9 Å². The van der Waals surface area contributed by atoms with E-state index in [1.165, 1.54) is 27.0 Å². The quantitative estimate of drug-likeness (QED) is 0.461. The van der Waals surface area contributed by atoms with E-state index in [4.69, 9.17) is 21.1 Å². The average Bonchev–Trinajstić information content (AvgIpc) is 3.41. The van der Waals surface area contributed by atoms with Crippen LogP contribution in [-0.4, -0.2) is 82.8 Å². The molecule has 43 heavy (non-hydrogen) atoms. The highest BCUT2D eigenvalue weighted by atomic mass is 35.5. The molecule has 1 N–H and O–H groups in total. The molecule has 0 aromatic heterocycles. The topological polar surface area (TPSA) is 108 Å². The number of aryl methyl sites for hydroxylation is 1. The Balaban J connectivity index is 1.28. The largest absolute Gasteiger partial charge is 0.490 e. The van der Waals surface area contributed by atoms with Crippen molar-refractivity contribution in [3.05, 3.63) is 52.5 Å². The zero-order chi connectivity index (χ0) is 29.9. The second-order valence-electron chi connectivity index (χ2n) is 12.8. The van der Waals surface area contributed by atoms with E-state index in [1.807, 2.05) is 6.07 Å². The van der Waals surface area contributed by atoms with Crippen molar-refractivity contribution in [3.63, 3.8) is 0 Å². The van der Waals surface area contributed by atoms with Gasteiger partial charge >= 0.3 is 12.1 Å². The summed E-state index contributed by atoms with van der Waals surface area (Å²) in [5.74, 6) is 1.10. The summed E-state index contributed by atoms with van der Waals surface area (Å²) in [4.78, 5) is 31.3. The molecule has 3 aliphatic heterocycles. The molecule has 3 heterocycles. The average molecular weight is 629 g/mol. The van der Waals surface area contributed by atoms with Gasteiger partial charge in [-0.05, 0) is 91.8 Å². The number of halogens is 1. The number of sulfonamides is 1. The predicted octanol–water partition coefficient (Wildman–Crippen LogP) is 4.39. The first-order valence-electron chi connectivity index (χ1n) is 15.1. The minimum Gasteiger partial charge on any atom is -0.490 e. The number of nitrogens with zero attached hydrogens (tertiary/aromatic N) is 3. The van der Waals surface area contributed by atoms with Gasteiger partial charge in [-0.2, -0.15) is 0 Å². The summed E-state index contributed by atoms with van der Waals surface area (Å²) in [6, 6.07) is 10.0. The number of ether oxygens (including phenoxy) is 2. The molecule has 2 fully saturated rings. The van der Waals surface area contributed by atoms with Crippen molar-refractivity contribution in [2.24, 2.45) is 11.8 Å². The smallest absolute Gasteiger partial charge is 0.409 e. The number of carbonyl (C=O) groups excluding carboxylic acids is 2. The minimum atomic E-state index is -4.17. The van der Waals surface area contributed by atoms with Gasteiger partial charge in [0, 0.05) is 43.7 Å². The number of urea groups is 1. The van der Waals surface area contributed by atoms with Gasteiger partial charge in [0.1, 0.15) is 5.75 Å². The van der Waals surface area contributed by atoms with Crippen LogP contribution in [-0.2, 0) is 26.6 Å². The first kappa shape index (κ1) is 28.6. The van der Waals surface area contributed by atoms with E-state index in [1.54, 1.807) is 19.2 Å². The van der Waals surface area contributed by atoms with Crippen LogP contribution in [0.15, 0.2) is 41.3 Å². The van der Waals surface area contributed by atoms with E-state index in [0.29, 0.717) is 55.7 Å². The molecule has 10 nitrogen and oxygen atoms in total. The normalized spacial score (nSPS) is 30.2. The number of hydrogen-bond acceptors (Lipinski definition) is 7. The monoisotopic (exact) mass is 628 g/mol. The van der Waals surface area contributed by atoms with E-state index in [0.717, 1.165) is 32.1 Å². The van der Waals surface area contributed by atoms with Crippen molar-refractivity contribution in [1.29, 1.82) is 0 Å². The number of carbonyl (C=O) groups is 2. The molecule has 7 rings (SSSR count). The number of benzene rings is 2. The molecule has 0 unspecified atom stereocenters. The maximum absolute atomic E-state index is 13.5. The van der Waals surface area contributed by atoms with Crippen LogP contribution in [0.1, 0.15) is 43.2 Å². The molecule has 3 amide bonds. The highest BCUT2D eigenvalue weighted by molar-refractivity contribution is 7.90. The van der Waals surface area contributed by atoms with Crippen molar-refractivity contribution < 1.29 is 27.5 Å². The van der Waals surface area contributed by atoms with Crippen molar-refractivity contribution in [1.82, 2.24) is 14.5 Å². The fourth-order valence-electron chi connectivity index (χ4n) is 7.55. The second-order valence-corrected chi connectivity index (χ2v) is 14.9. The van der Waals surface area contributed by atoms with Crippen LogP contribution in [0.25, 0.3) is 0 Å². The zero-order valence-electron chi connectivity index (χ0n) is 24.3. The molecule has 2 aliphatic carbocycles. The Bertz CT molecular complexity index is 1570. The lowest BCUT2D eigenvalue weighted by atomic mass is 9.69. The van der Waals surface area contributed by atoms with Crippen LogP contribution in [0.2, 0.25) is 5.02 Å². The van der Waals surface area contributed by atoms with Crippen molar-refractivity contribution in [3.8, 4) is 5.75 Å². The summed E-state index contributed by atoms with van der Waals surface area (Å²) in [5, 5.41) is 0.716. The molecule has 12 heteroatoms. The number of fused-ring (bicyclic) bond motifs is 6. The number of hydrogen-bond donors (Lipinski definition) is 1. The predicted molar refractivity (Wildman–Crippen MR) is 161 cm³/mol. The van der Waals surface area contributed by atoms with Crippen LogP contribution in [0.3, 0.4) is 0 Å². The molecular formula is C31H37ClN4O6S. The molecule has 4 atom stereocenters. The van der Waals surface area contributed by atoms with Crippen LogP contribution >= 0.6 is 11.6 Å². The van der Waals surface area contributed by atoms with E-state index in [9.17, 15) is 18.0 Å². The summed E-state index contributed by atoms with van der Waals surface area (Å²) in [5.41, 5.74) is 2.85. The number of anilines is 1. The third kappa shape index (κ3) is 5.18. The highest BCUT2D eigenvalue weighted by Crippen LogP contribution is 2.46. The standard InChI is InChI=1S/C31H37ClN4O6S/c1-34-24-10-12-35(16-24)29(37)33-43(39,40)25-7-9-28-27(14-25)36(15-21-4-5-22(21)17-41-30(34)38)18-31(19-42-28)11-2-3-20-13-23(32)6-8-26(20)31/h6-9,13-14,21-22,24H,2-5,10-12,15-19H2,1H3,(H,33,37)/t21-,22-,24+,31-/m0/s1. The van der Waals surface area contributed by atoms with Gasteiger partial charge in [0.15, 0.2) is 0 Å². The molecule has 1 saturated heterocycles. The fourth-order valence-corrected chi connectivity index (χ4v) is 8.74. The molecule has 4 bridgehead atoms. The first-order chi connectivity index (χ1) is 20.6. The van der Waals surface area contributed by atoms with E-state index in [-0.39, 0.29) is 34.7 Å². The fraction of sp³-hybridized carbons (Fsp3) is 0.548. The molecule has 1 spiro atoms. The van der Waals surface area contributed by atoms with Crippen molar-refractivity contribution >= 4 is 39.4 Å². The van der Waals surface area contributed by atoms with Crippen LogP contribution in [0, 0.1) is 11.8 Å². The molecule has 0 radical (unpaired) electrons. The molecule has 230 valence electrons. The maximum Gasteiger partial charge on any atom is 0.409 e. The Morgan fingerprint density at radius 2 is 1.84 bits per heavy atom. The lowest BCUT2D eigenvalue weighted by Gasteiger charge is -2.44. The molecule has 5 aliphatic rings. The summed E-state index contributed by atoms with van der Waals surface area (Å²) >= 11 is 6.38. The Kier molecular flexibility index (Phi) is 7.16. The molecule has 2 aromatic carbocycles. The highest BCUT2D eigenvalue weighted by Gasteiger charge is 2.44. The Hall–Kier alpha value is -3.18. The number of rotatable bonds is 0. The Morgan fingerprint density at radius 1 is 1.00 bits per heavy atom. The summed E-state index contributed by atoms with van der Waals surface area (Å²) < 4.78 is 41.6. The summed E-state index contributed by atoms with van der Waals surface area (Å²) in [6.45, 7) is 2.69. The molecule has 2 aromatic rings. The van der Waals surface area contributed by atoms with Crippen molar-refractivity contribution in [2.75, 3.05) is 51.3 Å². The van der Waals surface area contributed by atoms with Crippen LogP contribution < -0.4 is 14.4 Å². The van der Waals surface area contributed by atoms with Crippen LogP contribution in [0.4, 0.5) is 15.3 Å². The summed E-state index contributed by atoms with van der Waals surface area (Å²) in [6.07, 6.45) is 4.98. The molecule has 1 saturated carbocycles.